The maximum Gasteiger partial charge on any atom is 0.262 e. The second-order valence-electron chi connectivity index (χ2n) is 9.19. The van der Waals surface area contributed by atoms with Crippen molar-refractivity contribution in [3.8, 4) is 0 Å². The molecule has 2 saturated heterocycles. The van der Waals surface area contributed by atoms with Crippen molar-refractivity contribution in [1.82, 2.24) is 20.1 Å². The van der Waals surface area contributed by atoms with Crippen molar-refractivity contribution in [2.24, 2.45) is 5.92 Å². The first-order valence-electron chi connectivity index (χ1n) is 11.4. The van der Waals surface area contributed by atoms with Gasteiger partial charge < -0.3 is 0 Å². The fraction of sp³-hybridized carbons (Fsp3) is 0.400. The quantitative estimate of drug-likeness (QED) is 0.680. The summed E-state index contributed by atoms with van der Waals surface area (Å²) in [5.41, 5.74) is 3.83. The van der Waals surface area contributed by atoms with Crippen molar-refractivity contribution < 1.29 is 19.2 Å². The molecule has 33 heavy (non-hydrogen) atoms. The minimum Gasteiger partial charge on any atom is -0.298 e. The Morgan fingerprint density at radius 2 is 1.88 bits per heavy atom. The molecule has 170 valence electrons. The Bertz CT molecular complexity index is 1140. The molecule has 4 amide bonds. The fourth-order valence-corrected chi connectivity index (χ4v) is 4.99. The number of nitrogens with zero attached hydrogens (tertiary/aromatic N) is 3. The van der Waals surface area contributed by atoms with Crippen LogP contribution in [0.2, 0.25) is 0 Å². The Morgan fingerprint density at radius 1 is 1.06 bits per heavy atom. The molecule has 3 aliphatic heterocycles. The van der Waals surface area contributed by atoms with E-state index in [4.69, 9.17) is 0 Å². The third kappa shape index (κ3) is 4.06. The maximum atomic E-state index is 13.2. The van der Waals surface area contributed by atoms with Crippen LogP contribution >= 0.6 is 0 Å². The van der Waals surface area contributed by atoms with E-state index in [0.717, 1.165) is 42.2 Å². The zero-order valence-electron chi connectivity index (χ0n) is 18.5. The highest BCUT2D eigenvalue weighted by molar-refractivity contribution is 6.24. The Balaban J connectivity index is 1.21. The van der Waals surface area contributed by atoms with Gasteiger partial charge in [0.15, 0.2) is 0 Å². The van der Waals surface area contributed by atoms with Crippen LogP contribution in [-0.2, 0) is 22.6 Å². The van der Waals surface area contributed by atoms with E-state index in [9.17, 15) is 19.2 Å². The van der Waals surface area contributed by atoms with Crippen LogP contribution in [0.3, 0.4) is 0 Å². The van der Waals surface area contributed by atoms with E-state index in [0.29, 0.717) is 23.5 Å². The first-order chi connectivity index (χ1) is 15.9. The van der Waals surface area contributed by atoms with Gasteiger partial charge in [0.05, 0.1) is 11.1 Å². The lowest BCUT2D eigenvalue weighted by Gasteiger charge is -2.39. The molecular formula is C25H26N4O4. The van der Waals surface area contributed by atoms with E-state index >= 15 is 0 Å². The summed E-state index contributed by atoms with van der Waals surface area (Å²) in [6.45, 7) is 4.86. The number of hydrogen-bond donors (Lipinski definition) is 1. The third-order valence-electron chi connectivity index (χ3n) is 6.79. The number of aryl methyl sites for hydroxylation is 2. The normalized spacial score (nSPS) is 21.2. The summed E-state index contributed by atoms with van der Waals surface area (Å²) in [4.78, 5) is 57.6. The Labute approximate surface area is 192 Å². The minimum absolute atomic E-state index is 0.119. The molecule has 2 fully saturated rings. The van der Waals surface area contributed by atoms with Crippen molar-refractivity contribution in [3.63, 3.8) is 0 Å². The SMILES string of the molecule is Cc1ccc(CN2CC(CCc3cccc4c3C(=O)N(C3CCC(=O)NC3=O)C4=O)C2)cn1. The van der Waals surface area contributed by atoms with Crippen LogP contribution in [0.4, 0.5) is 0 Å². The Hall–Kier alpha value is -3.39. The second kappa shape index (κ2) is 8.51. The zero-order valence-corrected chi connectivity index (χ0v) is 18.5. The van der Waals surface area contributed by atoms with Crippen molar-refractivity contribution >= 4 is 23.6 Å². The van der Waals surface area contributed by atoms with Gasteiger partial charge in [-0.1, -0.05) is 18.2 Å². The predicted octanol–water partition coefficient (Wildman–Crippen LogP) is 1.86. The summed E-state index contributed by atoms with van der Waals surface area (Å²) in [5.74, 6) is -1.30. The average molecular weight is 447 g/mol. The van der Waals surface area contributed by atoms with E-state index in [2.05, 4.69) is 21.3 Å². The molecular weight excluding hydrogens is 420 g/mol. The van der Waals surface area contributed by atoms with Crippen molar-refractivity contribution in [2.45, 2.75) is 45.2 Å². The van der Waals surface area contributed by atoms with Crippen molar-refractivity contribution in [2.75, 3.05) is 13.1 Å². The van der Waals surface area contributed by atoms with Gasteiger partial charge in [-0.15, -0.1) is 0 Å². The number of hydrogen-bond acceptors (Lipinski definition) is 6. The number of rotatable bonds is 6. The van der Waals surface area contributed by atoms with Crippen LogP contribution in [0.5, 0.6) is 0 Å². The van der Waals surface area contributed by atoms with Crippen LogP contribution in [-0.4, -0.2) is 57.5 Å². The van der Waals surface area contributed by atoms with Gasteiger partial charge in [0.1, 0.15) is 6.04 Å². The zero-order chi connectivity index (χ0) is 23.1. The molecule has 1 unspecified atom stereocenters. The summed E-state index contributed by atoms with van der Waals surface area (Å²) in [6.07, 6.45) is 3.84. The van der Waals surface area contributed by atoms with E-state index < -0.39 is 23.8 Å². The number of likely N-dealkylation sites (tertiary alicyclic amines) is 1. The first kappa shape index (κ1) is 21.5. The van der Waals surface area contributed by atoms with E-state index in [1.54, 1.807) is 12.1 Å². The number of amides is 4. The summed E-state index contributed by atoms with van der Waals surface area (Å²) in [7, 11) is 0. The maximum absolute atomic E-state index is 13.2. The van der Waals surface area contributed by atoms with Gasteiger partial charge in [-0.2, -0.15) is 0 Å². The van der Waals surface area contributed by atoms with Gasteiger partial charge in [0.25, 0.3) is 11.8 Å². The van der Waals surface area contributed by atoms with Crippen LogP contribution < -0.4 is 5.32 Å². The number of imide groups is 2. The lowest BCUT2D eigenvalue weighted by atomic mass is 9.90. The van der Waals surface area contributed by atoms with Crippen LogP contribution in [0.15, 0.2) is 36.5 Å². The molecule has 0 spiro atoms. The predicted molar refractivity (Wildman–Crippen MR) is 119 cm³/mol. The molecule has 1 aromatic heterocycles. The molecule has 4 heterocycles. The lowest BCUT2D eigenvalue weighted by Crippen LogP contribution is -2.54. The molecule has 8 heteroatoms. The van der Waals surface area contributed by atoms with Crippen molar-refractivity contribution in [3.05, 3.63) is 64.5 Å². The molecule has 0 bridgehead atoms. The largest absolute Gasteiger partial charge is 0.298 e. The van der Waals surface area contributed by atoms with Crippen LogP contribution in [0, 0.1) is 12.8 Å². The number of fused-ring (bicyclic) bond motifs is 1. The molecule has 0 aliphatic carbocycles. The standard InChI is InChI=1S/C25H26N4O4/c1-15-5-6-16(11-26-15)12-28-13-17(14-28)7-8-18-3-2-4-19-22(18)25(33)29(24(19)32)20-9-10-21(30)27-23(20)31/h2-6,11,17,20H,7-10,12-14H2,1H3,(H,27,30,31). The summed E-state index contributed by atoms with van der Waals surface area (Å²) < 4.78 is 0. The van der Waals surface area contributed by atoms with Gasteiger partial charge in [0, 0.05) is 37.9 Å². The molecule has 8 nitrogen and oxygen atoms in total. The molecule has 5 rings (SSSR count). The number of pyridine rings is 1. The van der Waals surface area contributed by atoms with E-state index in [1.165, 1.54) is 5.56 Å². The lowest BCUT2D eigenvalue weighted by molar-refractivity contribution is -0.136. The smallest absolute Gasteiger partial charge is 0.262 e. The summed E-state index contributed by atoms with van der Waals surface area (Å²) in [6, 6.07) is 8.54. The summed E-state index contributed by atoms with van der Waals surface area (Å²) >= 11 is 0. The number of piperidine rings is 1. The Morgan fingerprint density at radius 3 is 2.61 bits per heavy atom. The molecule has 2 aromatic rings. The highest BCUT2D eigenvalue weighted by Crippen LogP contribution is 2.32. The number of nitrogens with one attached hydrogen (secondary N) is 1. The average Bonchev–Trinajstić information content (AvgIpc) is 3.02. The molecule has 0 radical (unpaired) electrons. The van der Waals surface area contributed by atoms with Gasteiger partial charge in [-0.3, -0.25) is 39.3 Å². The molecule has 1 N–H and O–H groups in total. The van der Waals surface area contributed by atoms with E-state index in [-0.39, 0.29) is 18.7 Å². The van der Waals surface area contributed by atoms with Gasteiger partial charge in [-0.25, -0.2) is 0 Å². The van der Waals surface area contributed by atoms with Gasteiger partial charge in [-0.05, 0) is 55.4 Å². The molecule has 0 saturated carbocycles. The highest BCUT2D eigenvalue weighted by Gasteiger charge is 2.45. The molecule has 1 atom stereocenters. The highest BCUT2D eigenvalue weighted by atomic mass is 16.2. The third-order valence-corrected chi connectivity index (χ3v) is 6.79. The number of aromatic nitrogens is 1. The van der Waals surface area contributed by atoms with Gasteiger partial charge >= 0.3 is 0 Å². The fourth-order valence-electron chi connectivity index (χ4n) is 4.99. The Kier molecular flexibility index (Phi) is 5.54. The number of carbonyl (C=O) groups is 4. The topological polar surface area (TPSA) is 99.7 Å². The second-order valence-corrected chi connectivity index (χ2v) is 9.19. The summed E-state index contributed by atoms with van der Waals surface area (Å²) in [5, 5.41) is 2.24. The van der Waals surface area contributed by atoms with Crippen molar-refractivity contribution in [1.29, 1.82) is 0 Å². The first-order valence-corrected chi connectivity index (χ1v) is 11.4. The van der Waals surface area contributed by atoms with Gasteiger partial charge in [0.2, 0.25) is 11.8 Å². The number of carbonyl (C=O) groups excluding carboxylic acids is 4. The molecule has 3 aliphatic rings. The minimum atomic E-state index is -0.931. The number of benzene rings is 1. The monoisotopic (exact) mass is 446 g/mol. The molecule has 1 aromatic carbocycles. The van der Waals surface area contributed by atoms with Crippen LogP contribution in [0.1, 0.15) is 56.8 Å². The van der Waals surface area contributed by atoms with E-state index in [1.807, 2.05) is 25.3 Å². The van der Waals surface area contributed by atoms with Crippen LogP contribution in [0.25, 0.3) is 0 Å².